The molecule has 2 aliphatic heterocycles. The molecule has 0 aliphatic carbocycles. The number of hydrogen-bond donors (Lipinski definition) is 1. The largest absolute Gasteiger partial charge is 0.492 e. The molecule has 37 heavy (non-hydrogen) atoms. The molecule has 0 radical (unpaired) electrons. The second-order valence-corrected chi connectivity index (χ2v) is 13.1. The van der Waals surface area contributed by atoms with Crippen molar-refractivity contribution >= 4 is 37.6 Å². The van der Waals surface area contributed by atoms with Gasteiger partial charge in [0.2, 0.25) is 26.0 Å². The first-order valence-corrected chi connectivity index (χ1v) is 15.3. The molecule has 2 heterocycles. The van der Waals surface area contributed by atoms with Gasteiger partial charge < -0.3 is 14.8 Å². The lowest BCUT2D eigenvalue weighted by Crippen LogP contribution is -2.45. The van der Waals surface area contributed by atoms with Crippen molar-refractivity contribution in [1.82, 2.24) is 13.9 Å². The Morgan fingerprint density at radius 1 is 0.919 bits per heavy atom. The van der Waals surface area contributed by atoms with E-state index in [1.807, 2.05) is 0 Å². The van der Waals surface area contributed by atoms with Gasteiger partial charge in [0, 0.05) is 31.2 Å². The molecule has 4 rings (SSSR count). The van der Waals surface area contributed by atoms with Crippen LogP contribution in [0.3, 0.4) is 0 Å². The Bertz CT molecular complexity index is 1280. The van der Waals surface area contributed by atoms with E-state index in [1.165, 1.54) is 45.0 Å². The maximum absolute atomic E-state index is 12.9. The predicted octanol–water partition coefficient (Wildman–Crippen LogP) is 1.96. The summed E-state index contributed by atoms with van der Waals surface area (Å²) in [6.07, 6.45) is 1.18. The van der Waals surface area contributed by atoms with Crippen LogP contribution in [0.2, 0.25) is 5.02 Å². The van der Waals surface area contributed by atoms with Crippen LogP contribution >= 0.6 is 11.6 Å². The molecule has 0 unspecified atom stereocenters. The van der Waals surface area contributed by atoms with Crippen molar-refractivity contribution in [3.63, 3.8) is 0 Å². The van der Waals surface area contributed by atoms with Crippen LogP contribution in [0.4, 0.5) is 0 Å². The third kappa shape index (κ3) is 6.81. The number of ether oxygens (including phenoxy) is 2. The zero-order valence-corrected chi connectivity index (χ0v) is 22.6. The summed E-state index contributed by atoms with van der Waals surface area (Å²) in [7, 11) is -7.28. The van der Waals surface area contributed by atoms with Crippen molar-refractivity contribution in [2.75, 3.05) is 52.5 Å². The number of carbonyl (C=O) groups excluding carboxylic acids is 1. The highest BCUT2D eigenvalue weighted by Gasteiger charge is 2.33. The minimum Gasteiger partial charge on any atom is -0.492 e. The predicted molar refractivity (Wildman–Crippen MR) is 137 cm³/mol. The number of hydrogen-bond acceptors (Lipinski definition) is 7. The zero-order valence-electron chi connectivity index (χ0n) is 20.2. The molecule has 0 bridgehead atoms. The fourth-order valence-corrected chi connectivity index (χ4v) is 7.32. The molecular formula is C24H30ClN3O7S2. The van der Waals surface area contributed by atoms with Crippen molar-refractivity contribution in [3.8, 4) is 5.75 Å². The second-order valence-electron chi connectivity index (χ2n) is 8.78. The zero-order chi connectivity index (χ0) is 26.5. The van der Waals surface area contributed by atoms with Gasteiger partial charge in [-0.15, -0.1) is 0 Å². The Labute approximate surface area is 222 Å². The Morgan fingerprint density at radius 3 is 2.16 bits per heavy atom. The lowest BCUT2D eigenvalue weighted by molar-refractivity contribution is -0.126. The highest BCUT2D eigenvalue weighted by molar-refractivity contribution is 7.89. The van der Waals surface area contributed by atoms with Crippen LogP contribution in [-0.4, -0.2) is 83.9 Å². The molecule has 2 aliphatic rings. The number of sulfonamides is 2. The van der Waals surface area contributed by atoms with Crippen LogP contribution in [-0.2, 0) is 29.6 Å². The second kappa shape index (κ2) is 12.1. The normalized spacial score (nSPS) is 19.9. The van der Waals surface area contributed by atoms with Crippen LogP contribution in [0.25, 0.3) is 0 Å². The third-order valence-corrected chi connectivity index (χ3v) is 10.4. The van der Waals surface area contributed by atoms with E-state index >= 15 is 0 Å². The molecule has 1 N–H and O–H groups in total. The van der Waals surface area contributed by atoms with Gasteiger partial charge in [0.15, 0.2) is 0 Å². The molecule has 2 saturated heterocycles. The number of benzene rings is 2. The van der Waals surface area contributed by atoms with Crippen LogP contribution in [0.5, 0.6) is 5.75 Å². The van der Waals surface area contributed by atoms with Crippen molar-refractivity contribution in [2.45, 2.75) is 22.6 Å². The molecule has 202 valence electrons. The van der Waals surface area contributed by atoms with Gasteiger partial charge in [0.1, 0.15) is 12.4 Å². The van der Waals surface area contributed by atoms with Crippen molar-refractivity contribution in [3.05, 3.63) is 53.6 Å². The van der Waals surface area contributed by atoms with Crippen LogP contribution in [0, 0.1) is 5.92 Å². The molecule has 0 spiro atoms. The van der Waals surface area contributed by atoms with E-state index in [0.29, 0.717) is 56.5 Å². The van der Waals surface area contributed by atoms with E-state index in [-0.39, 0.29) is 35.4 Å². The highest BCUT2D eigenvalue weighted by atomic mass is 35.5. The van der Waals surface area contributed by atoms with E-state index in [4.69, 9.17) is 21.1 Å². The lowest BCUT2D eigenvalue weighted by Gasteiger charge is -2.31. The van der Waals surface area contributed by atoms with Crippen molar-refractivity contribution in [2.24, 2.45) is 5.92 Å². The Kier molecular flexibility index (Phi) is 9.09. The molecule has 2 aromatic carbocycles. The van der Waals surface area contributed by atoms with Gasteiger partial charge >= 0.3 is 0 Å². The van der Waals surface area contributed by atoms with Crippen LogP contribution in [0.1, 0.15) is 12.8 Å². The number of rotatable bonds is 9. The topological polar surface area (TPSA) is 122 Å². The van der Waals surface area contributed by atoms with Crippen molar-refractivity contribution in [1.29, 1.82) is 0 Å². The summed E-state index contributed by atoms with van der Waals surface area (Å²) in [5.74, 6) is -0.208. The summed E-state index contributed by atoms with van der Waals surface area (Å²) in [4.78, 5) is 13.0. The number of nitrogens with one attached hydrogen (secondary N) is 1. The third-order valence-electron chi connectivity index (χ3n) is 6.31. The number of piperidine rings is 1. The number of halogens is 1. The molecule has 13 heteroatoms. The summed E-state index contributed by atoms with van der Waals surface area (Å²) >= 11 is 5.86. The maximum Gasteiger partial charge on any atom is 0.243 e. The fourth-order valence-electron chi connectivity index (χ4n) is 4.26. The first kappa shape index (κ1) is 27.8. The van der Waals surface area contributed by atoms with E-state index in [2.05, 4.69) is 5.32 Å². The summed E-state index contributed by atoms with van der Waals surface area (Å²) in [6.45, 7) is 2.28. The number of amides is 1. The average Bonchev–Trinajstić information content (AvgIpc) is 2.92. The van der Waals surface area contributed by atoms with Crippen molar-refractivity contribution < 1.29 is 31.1 Å². The highest BCUT2D eigenvalue weighted by Crippen LogP contribution is 2.25. The minimum absolute atomic E-state index is 0.108. The Balaban J connectivity index is 1.24. The summed E-state index contributed by atoms with van der Waals surface area (Å²) in [5.41, 5.74) is 0. The Morgan fingerprint density at radius 2 is 1.51 bits per heavy atom. The fraction of sp³-hybridized carbons (Fsp3) is 0.458. The first-order chi connectivity index (χ1) is 17.7. The van der Waals surface area contributed by atoms with E-state index < -0.39 is 26.0 Å². The van der Waals surface area contributed by atoms with Gasteiger partial charge in [-0.1, -0.05) is 11.6 Å². The van der Waals surface area contributed by atoms with Crippen LogP contribution in [0.15, 0.2) is 58.3 Å². The SMILES string of the molecule is O=C(NCCOc1ccc(S(=O)(=O)N2CCOCC2)cc1)[C@H]1CCCN(S(=O)(=O)c2ccc(Cl)cc2)C1. The molecule has 2 fully saturated rings. The van der Waals surface area contributed by atoms with E-state index in [1.54, 1.807) is 12.1 Å². The van der Waals surface area contributed by atoms with E-state index in [9.17, 15) is 21.6 Å². The first-order valence-electron chi connectivity index (χ1n) is 12.0. The molecule has 1 atom stereocenters. The number of morpholine rings is 1. The molecule has 10 nitrogen and oxygen atoms in total. The summed E-state index contributed by atoms with van der Waals surface area (Å²) in [6, 6.07) is 12.1. The van der Waals surface area contributed by atoms with Gasteiger partial charge in [-0.3, -0.25) is 4.79 Å². The van der Waals surface area contributed by atoms with Gasteiger partial charge in [-0.25, -0.2) is 16.8 Å². The van der Waals surface area contributed by atoms with E-state index in [0.717, 1.165) is 0 Å². The summed E-state index contributed by atoms with van der Waals surface area (Å²) < 4.78 is 64.9. The smallest absolute Gasteiger partial charge is 0.243 e. The quantitative estimate of drug-likeness (QED) is 0.456. The minimum atomic E-state index is -3.71. The number of nitrogens with zero attached hydrogens (tertiary/aromatic N) is 2. The summed E-state index contributed by atoms with van der Waals surface area (Å²) in [5, 5.41) is 3.25. The van der Waals surface area contributed by atoms with Gasteiger partial charge in [0.05, 0.1) is 35.5 Å². The standard InChI is InChI=1S/C24H30ClN3O7S2/c25-20-3-7-22(8-4-20)37(32,33)28-12-1-2-19(18-28)24(29)26-11-15-35-21-5-9-23(10-6-21)36(30,31)27-13-16-34-17-14-27/h3-10,19H,1-2,11-18H2,(H,26,29)/t19-/m0/s1. The molecule has 1 amide bonds. The Hall–Kier alpha value is -2.22. The van der Waals surface area contributed by atoms with Gasteiger partial charge in [0.25, 0.3) is 0 Å². The monoisotopic (exact) mass is 571 g/mol. The van der Waals surface area contributed by atoms with Gasteiger partial charge in [-0.05, 0) is 61.4 Å². The molecule has 0 aromatic heterocycles. The number of carbonyl (C=O) groups is 1. The van der Waals surface area contributed by atoms with Gasteiger partial charge in [-0.2, -0.15) is 8.61 Å². The van der Waals surface area contributed by atoms with Crippen LogP contribution < -0.4 is 10.1 Å². The molecule has 0 saturated carbocycles. The maximum atomic E-state index is 12.9. The molecule has 2 aromatic rings. The average molecular weight is 572 g/mol. The lowest BCUT2D eigenvalue weighted by atomic mass is 9.99. The molecular weight excluding hydrogens is 542 g/mol.